The molecular formula is C16H18N2O. The average molecular weight is 254 g/mol. The fourth-order valence-electron chi connectivity index (χ4n) is 1.87. The summed E-state index contributed by atoms with van der Waals surface area (Å²) in [5.41, 5.74) is 3.86. The molecule has 1 N–H and O–H groups in total. The van der Waals surface area contributed by atoms with Crippen molar-refractivity contribution in [3.05, 3.63) is 65.0 Å². The highest BCUT2D eigenvalue weighted by Crippen LogP contribution is 2.12. The first kappa shape index (κ1) is 13.3. The van der Waals surface area contributed by atoms with Crippen LogP contribution in [0.5, 0.6) is 0 Å². The zero-order chi connectivity index (χ0) is 13.8. The Bertz CT molecular complexity index is 579. The lowest BCUT2D eigenvalue weighted by atomic mass is 10.1. The van der Waals surface area contributed by atoms with Crippen molar-refractivity contribution in [2.45, 2.75) is 26.8 Å². The number of nitrogens with zero attached hydrogens (tertiary/aromatic N) is 1. The standard InChI is InChI=1S/C16H18N2O/c1-11-7-8-14(10-12(11)2)16(19)18-13(3)15-6-4-5-9-17-15/h4-10,13H,1-3H3,(H,18,19)/t13-/m0/s1. The molecule has 0 unspecified atom stereocenters. The van der Waals surface area contributed by atoms with E-state index < -0.39 is 0 Å². The maximum Gasteiger partial charge on any atom is 0.251 e. The molecule has 1 heterocycles. The fraction of sp³-hybridized carbons (Fsp3) is 0.250. The number of rotatable bonds is 3. The monoisotopic (exact) mass is 254 g/mol. The molecule has 0 radical (unpaired) electrons. The van der Waals surface area contributed by atoms with Crippen LogP contribution in [-0.4, -0.2) is 10.9 Å². The predicted molar refractivity (Wildman–Crippen MR) is 76.0 cm³/mol. The van der Waals surface area contributed by atoms with Gasteiger partial charge in [0.05, 0.1) is 11.7 Å². The van der Waals surface area contributed by atoms with E-state index in [-0.39, 0.29) is 11.9 Å². The van der Waals surface area contributed by atoms with Gasteiger partial charge in [0.2, 0.25) is 0 Å². The molecule has 0 saturated carbocycles. The highest BCUT2D eigenvalue weighted by Gasteiger charge is 2.12. The molecule has 1 atom stereocenters. The molecule has 2 rings (SSSR count). The Morgan fingerprint density at radius 2 is 1.95 bits per heavy atom. The lowest BCUT2D eigenvalue weighted by molar-refractivity contribution is 0.0939. The summed E-state index contributed by atoms with van der Waals surface area (Å²) in [5.74, 6) is -0.0683. The number of aryl methyl sites for hydroxylation is 2. The van der Waals surface area contributed by atoms with E-state index in [1.807, 2.05) is 57.2 Å². The van der Waals surface area contributed by atoms with Gasteiger partial charge in [-0.1, -0.05) is 12.1 Å². The topological polar surface area (TPSA) is 42.0 Å². The lowest BCUT2D eigenvalue weighted by Gasteiger charge is -2.13. The van der Waals surface area contributed by atoms with E-state index in [1.54, 1.807) is 6.20 Å². The SMILES string of the molecule is Cc1ccc(C(=O)N[C@@H](C)c2ccccn2)cc1C. The third-order valence-electron chi connectivity index (χ3n) is 3.25. The largest absolute Gasteiger partial charge is 0.344 e. The van der Waals surface area contributed by atoms with Gasteiger partial charge in [-0.15, -0.1) is 0 Å². The average Bonchev–Trinajstić information content (AvgIpc) is 2.42. The van der Waals surface area contributed by atoms with E-state index in [1.165, 1.54) is 5.56 Å². The number of nitrogens with one attached hydrogen (secondary N) is 1. The van der Waals surface area contributed by atoms with Crippen molar-refractivity contribution in [2.24, 2.45) is 0 Å². The Hall–Kier alpha value is -2.16. The number of hydrogen-bond donors (Lipinski definition) is 1. The van der Waals surface area contributed by atoms with Gasteiger partial charge >= 0.3 is 0 Å². The molecule has 19 heavy (non-hydrogen) atoms. The Kier molecular flexibility index (Phi) is 3.95. The minimum Gasteiger partial charge on any atom is -0.344 e. The van der Waals surface area contributed by atoms with Gasteiger partial charge in [-0.2, -0.15) is 0 Å². The molecule has 0 aliphatic carbocycles. The highest BCUT2D eigenvalue weighted by molar-refractivity contribution is 5.94. The van der Waals surface area contributed by atoms with Gasteiger partial charge in [0.15, 0.2) is 0 Å². The van der Waals surface area contributed by atoms with E-state index in [4.69, 9.17) is 0 Å². The van der Waals surface area contributed by atoms with Crippen LogP contribution in [0.15, 0.2) is 42.6 Å². The molecule has 1 aromatic heterocycles. The van der Waals surface area contributed by atoms with Crippen LogP contribution in [0.4, 0.5) is 0 Å². The molecule has 98 valence electrons. The van der Waals surface area contributed by atoms with Crippen molar-refractivity contribution in [1.29, 1.82) is 0 Å². The Labute approximate surface area is 113 Å². The summed E-state index contributed by atoms with van der Waals surface area (Å²) in [5, 5.41) is 2.96. The smallest absolute Gasteiger partial charge is 0.251 e. The van der Waals surface area contributed by atoms with Crippen LogP contribution < -0.4 is 5.32 Å². The van der Waals surface area contributed by atoms with Crippen LogP contribution in [0.2, 0.25) is 0 Å². The molecule has 0 saturated heterocycles. The molecule has 0 aliphatic rings. The van der Waals surface area contributed by atoms with Crippen LogP contribution in [0, 0.1) is 13.8 Å². The van der Waals surface area contributed by atoms with Gasteiger partial charge in [0, 0.05) is 11.8 Å². The van der Waals surface area contributed by atoms with Crippen LogP contribution in [0.25, 0.3) is 0 Å². The molecule has 0 spiro atoms. The van der Waals surface area contributed by atoms with Gasteiger partial charge in [-0.25, -0.2) is 0 Å². The van der Waals surface area contributed by atoms with Crippen LogP contribution >= 0.6 is 0 Å². The third-order valence-corrected chi connectivity index (χ3v) is 3.25. The minimum absolute atomic E-state index is 0.0683. The number of amides is 1. The zero-order valence-electron chi connectivity index (χ0n) is 11.5. The number of hydrogen-bond acceptors (Lipinski definition) is 2. The number of carbonyl (C=O) groups excluding carboxylic acids is 1. The third kappa shape index (κ3) is 3.19. The zero-order valence-corrected chi connectivity index (χ0v) is 11.5. The molecule has 1 amide bonds. The van der Waals surface area contributed by atoms with Crippen molar-refractivity contribution in [2.75, 3.05) is 0 Å². The lowest BCUT2D eigenvalue weighted by Crippen LogP contribution is -2.27. The van der Waals surface area contributed by atoms with E-state index >= 15 is 0 Å². The van der Waals surface area contributed by atoms with Crippen molar-refractivity contribution in [3.8, 4) is 0 Å². The molecule has 1 aromatic carbocycles. The fourth-order valence-corrected chi connectivity index (χ4v) is 1.87. The van der Waals surface area contributed by atoms with Crippen molar-refractivity contribution in [3.63, 3.8) is 0 Å². The first-order valence-electron chi connectivity index (χ1n) is 6.37. The molecule has 0 aliphatic heterocycles. The summed E-state index contributed by atoms with van der Waals surface area (Å²) in [4.78, 5) is 16.4. The van der Waals surface area contributed by atoms with Gasteiger partial charge in [0.1, 0.15) is 0 Å². The van der Waals surface area contributed by atoms with Crippen LogP contribution in [0.3, 0.4) is 0 Å². The summed E-state index contributed by atoms with van der Waals surface area (Å²) in [6.45, 7) is 5.98. The highest BCUT2D eigenvalue weighted by atomic mass is 16.1. The molecular weight excluding hydrogens is 236 g/mol. The summed E-state index contributed by atoms with van der Waals surface area (Å²) < 4.78 is 0. The van der Waals surface area contributed by atoms with E-state index in [0.717, 1.165) is 11.3 Å². The number of pyridine rings is 1. The second-order valence-electron chi connectivity index (χ2n) is 4.75. The molecule has 0 bridgehead atoms. The Balaban J connectivity index is 2.11. The quantitative estimate of drug-likeness (QED) is 0.914. The molecule has 3 nitrogen and oxygen atoms in total. The maximum atomic E-state index is 12.2. The second kappa shape index (κ2) is 5.65. The number of carbonyl (C=O) groups is 1. The predicted octanol–water partition coefficient (Wildman–Crippen LogP) is 3.19. The van der Waals surface area contributed by atoms with Gasteiger partial charge in [0.25, 0.3) is 5.91 Å². The van der Waals surface area contributed by atoms with Crippen LogP contribution in [-0.2, 0) is 0 Å². The van der Waals surface area contributed by atoms with Crippen molar-refractivity contribution >= 4 is 5.91 Å². The van der Waals surface area contributed by atoms with Gasteiger partial charge in [-0.05, 0) is 56.2 Å². The van der Waals surface area contributed by atoms with E-state index in [2.05, 4.69) is 10.3 Å². The van der Waals surface area contributed by atoms with E-state index in [9.17, 15) is 4.79 Å². The van der Waals surface area contributed by atoms with Gasteiger partial charge < -0.3 is 5.32 Å². The minimum atomic E-state index is -0.102. The summed E-state index contributed by atoms with van der Waals surface area (Å²) in [6, 6.07) is 11.3. The molecule has 0 fully saturated rings. The summed E-state index contributed by atoms with van der Waals surface area (Å²) in [6.07, 6.45) is 1.73. The second-order valence-corrected chi connectivity index (χ2v) is 4.75. The number of aromatic nitrogens is 1. The Morgan fingerprint density at radius 1 is 1.16 bits per heavy atom. The summed E-state index contributed by atoms with van der Waals surface area (Å²) >= 11 is 0. The first-order valence-corrected chi connectivity index (χ1v) is 6.37. The van der Waals surface area contributed by atoms with Crippen molar-refractivity contribution in [1.82, 2.24) is 10.3 Å². The normalized spacial score (nSPS) is 11.9. The summed E-state index contributed by atoms with van der Waals surface area (Å²) in [7, 11) is 0. The number of benzene rings is 1. The van der Waals surface area contributed by atoms with E-state index in [0.29, 0.717) is 5.56 Å². The first-order chi connectivity index (χ1) is 9.08. The van der Waals surface area contributed by atoms with Crippen LogP contribution in [0.1, 0.15) is 40.1 Å². The van der Waals surface area contributed by atoms with Gasteiger partial charge in [-0.3, -0.25) is 9.78 Å². The maximum absolute atomic E-state index is 12.2. The molecule has 3 heteroatoms. The van der Waals surface area contributed by atoms with Crippen molar-refractivity contribution < 1.29 is 4.79 Å². The Morgan fingerprint density at radius 3 is 2.58 bits per heavy atom. The molecule has 2 aromatic rings.